The van der Waals surface area contributed by atoms with Gasteiger partial charge < -0.3 is 10.1 Å². The molecule has 2 rings (SSSR count). The molecule has 0 heterocycles. The lowest BCUT2D eigenvalue weighted by Gasteiger charge is -2.15. The maximum absolute atomic E-state index is 12.2. The van der Waals surface area contributed by atoms with Gasteiger partial charge in [-0.1, -0.05) is 48.5 Å². The first-order chi connectivity index (χ1) is 11.1. The van der Waals surface area contributed by atoms with E-state index in [-0.39, 0.29) is 12.3 Å². The number of hydrogen-bond donors (Lipinski definition) is 1. The number of fused-ring (bicyclic) bond motifs is 1. The number of carbonyl (C=O) groups excluding carboxylic acids is 2. The number of amides is 1. The Hall–Kier alpha value is -2.62. The van der Waals surface area contributed by atoms with E-state index in [0.29, 0.717) is 12.8 Å². The molecular formula is C19H21NO3. The number of hydrogen-bond acceptors (Lipinski definition) is 3. The van der Waals surface area contributed by atoms with E-state index in [2.05, 4.69) is 11.9 Å². The summed E-state index contributed by atoms with van der Waals surface area (Å²) in [7, 11) is 1.32. The van der Waals surface area contributed by atoms with Crippen molar-refractivity contribution in [2.75, 3.05) is 7.11 Å². The van der Waals surface area contributed by atoms with Crippen LogP contribution in [0.5, 0.6) is 0 Å². The molecule has 4 nitrogen and oxygen atoms in total. The van der Waals surface area contributed by atoms with Crippen LogP contribution < -0.4 is 5.32 Å². The molecule has 0 aliphatic rings. The Morgan fingerprint density at radius 2 is 1.96 bits per heavy atom. The van der Waals surface area contributed by atoms with Crippen molar-refractivity contribution in [3.05, 3.63) is 60.7 Å². The summed E-state index contributed by atoms with van der Waals surface area (Å²) in [6.45, 7) is 3.63. The van der Waals surface area contributed by atoms with E-state index in [9.17, 15) is 9.59 Å². The van der Waals surface area contributed by atoms with Crippen molar-refractivity contribution in [3.8, 4) is 0 Å². The van der Waals surface area contributed by atoms with Gasteiger partial charge in [0.05, 0.1) is 13.5 Å². The number of rotatable bonds is 7. The molecule has 0 saturated carbocycles. The van der Waals surface area contributed by atoms with Gasteiger partial charge in [0.1, 0.15) is 6.04 Å². The molecule has 0 bridgehead atoms. The molecule has 1 atom stereocenters. The second kappa shape index (κ2) is 8.13. The Morgan fingerprint density at radius 1 is 1.22 bits per heavy atom. The zero-order chi connectivity index (χ0) is 16.7. The third kappa shape index (κ3) is 4.68. The van der Waals surface area contributed by atoms with Gasteiger partial charge in [0.2, 0.25) is 5.91 Å². The fourth-order valence-corrected chi connectivity index (χ4v) is 2.46. The van der Waals surface area contributed by atoms with Crippen molar-refractivity contribution in [1.82, 2.24) is 5.32 Å². The third-order valence-electron chi connectivity index (χ3n) is 3.66. The lowest BCUT2D eigenvalue weighted by atomic mass is 10.0. The van der Waals surface area contributed by atoms with Crippen molar-refractivity contribution in [1.29, 1.82) is 0 Å². The van der Waals surface area contributed by atoms with Crippen molar-refractivity contribution >= 4 is 22.6 Å². The summed E-state index contributed by atoms with van der Waals surface area (Å²) < 4.78 is 4.73. The van der Waals surface area contributed by atoms with Crippen LogP contribution in [0.3, 0.4) is 0 Å². The molecule has 23 heavy (non-hydrogen) atoms. The molecule has 0 aliphatic heterocycles. The molecule has 0 saturated heterocycles. The van der Waals surface area contributed by atoms with Crippen LogP contribution in [0.15, 0.2) is 55.1 Å². The Kier molecular flexibility index (Phi) is 5.92. The average molecular weight is 311 g/mol. The topological polar surface area (TPSA) is 55.4 Å². The standard InChI is InChI=1S/C19H21NO3/c1-3-4-9-17(19(22)23-2)20-18(21)13-14-10-11-15-7-5-6-8-16(15)12-14/h3,5-8,10-12,17H,1,4,9,13H2,2H3,(H,20,21)/t17-/m0/s1. The van der Waals surface area contributed by atoms with Gasteiger partial charge in [-0.15, -0.1) is 6.58 Å². The second-order valence-corrected chi connectivity index (χ2v) is 5.37. The summed E-state index contributed by atoms with van der Waals surface area (Å²) in [4.78, 5) is 23.9. The molecule has 1 amide bonds. The first-order valence-corrected chi connectivity index (χ1v) is 7.60. The second-order valence-electron chi connectivity index (χ2n) is 5.37. The average Bonchev–Trinajstić information content (AvgIpc) is 2.57. The van der Waals surface area contributed by atoms with Gasteiger partial charge in [-0.25, -0.2) is 4.79 Å². The van der Waals surface area contributed by atoms with E-state index in [1.165, 1.54) is 7.11 Å². The molecular weight excluding hydrogens is 290 g/mol. The van der Waals surface area contributed by atoms with E-state index < -0.39 is 12.0 Å². The Bertz CT molecular complexity index is 709. The fourth-order valence-electron chi connectivity index (χ4n) is 2.46. The van der Waals surface area contributed by atoms with Crippen LogP contribution in [-0.2, 0) is 20.7 Å². The van der Waals surface area contributed by atoms with Gasteiger partial charge >= 0.3 is 5.97 Å². The summed E-state index contributed by atoms with van der Waals surface area (Å²) in [5, 5.41) is 4.96. The molecule has 0 fully saturated rings. The highest BCUT2D eigenvalue weighted by molar-refractivity contribution is 5.87. The third-order valence-corrected chi connectivity index (χ3v) is 3.66. The highest BCUT2D eigenvalue weighted by Gasteiger charge is 2.20. The number of methoxy groups -OCH3 is 1. The van der Waals surface area contributed by atoms with Crippen LogP contribution in [-0.4, -0.2) is 25.0 Å². The SMILES string of the molecule is C=CCC[C@H](NC(=O)Cc1ccc2ccccc2c1)C(=O)OC. The minimum absolute atomic E-state index is 0.195. The molecule has 2 aromatic carbocycles. The number of ether oxygens (including phenoxy) is 1. The van der Waals surface area contributed by atoms with Crippen LogP contribution in [0.2, 0.25) is 0 Å². The van der Waals surface area contributed by atoms with Crippen molar-refractivity contribution < 1.29 is 14.3 Å². The van der Waals surface area contributed by atoms with Crippen molar-refractivity contribution in [2.45, 2.75) is 25.3 Å². The van der Waals surface area contributed by atoms with Crippen LogP contribution in [0, 0.1) is 0 Å². The quantitative estimate of drug-likeness (QED) is 0.632. The molecule has 0 aromatic heterocycles. The first kappa shape index (κ1) is 16.7. The van der Waals surface area contributed by atoms with Crippen LogP contribution in [0.25, 0.3) is 10.8 Å². The van der Waals surface area contributed by atoms with E-state index in [0.717, 1.165) is 16.3 Å². The Morgan fingerprint density at radius 3 is 2.65 bits per heavy atom. The predicted octanol–water partition coefficient (Wildman–Crippen LogP) is 3.01. The smallest absolute Gasteiger partial charge is 0.328 e. The zero-order valence-corrected chi connectivity index (χ0v) is 13.2. The molecule has 0 radical (unpaired) electrons. The summed E-state index contributed by atoms with van der Waals surface area (Å²) in [6, 6.07) is 13.3. The van der Waals surface area contributed by atoms with Gasteiger partial charge in [0, 0.05) is 0 Å². The van der Waals surface area contributed by atoms with Gasteiger partial charge in [0.15, 0.2) is 0 Å². The van der Waals surface area contributed by atoms with Gasteiger partial charge in [-0.3, -0.25) is 4.79 Å². The van der Waals surface area contributed by atoms with Gasteiger partial charge in [-0.2, -0.15) is 0 Å². The highest BCUT2D eigenvalue weighted by atomic mass is 16.5. The fraction of sp³-hybridized carbons (Fsp3) is 0.263. The molecule has 120 valence electrons. The largest absolute Gasteiger partial charge is 0.467 e. The molecule has 0 unspecified atom stereocenters. The normalized spacial score (nSPS) is 11.7. The Labute approximate surface area is 136 Å². The van der Waals surface area contributed by atoms with E-state index in [1.807, 2.05) is 42.5 Å². The van der Waals surface area contributed by atoms with E-state index in [4.69, 9.17) is 4.74 Å². The number of nitrogens with one attached hydrogen (secondary N) is 1. The van der Waals surface area contributed by atoms with E-state index >= 15 is 0 Å². The maximum atomic E-state index is 12.2. The number of allylic oxidation sites excluding steroid dienone is 1. The summed E-state index contributed by atoms with van der Waals surface area (Å²) in [5.74, 6) is -0.626. The summed E-state index contributed by atoms with van der Waals surface area (Å²) >= 11 is 0. The van der Waals surface area contributed by atoms with Crippen molar-refractivity contribution in [2.24, 2.45) is 0 Å². The van der Waals surface area contributed by atoms with Gasteiger partial charge in [-0.05, 0) is 29.2 Å². The summed E-state index contributed by atoms with van der Waals surface area (Å²) in [5.41, 5.74) is 0.911. The number of esters is 1. The minimum Gasteiger partial charge on any atom is -0.467 e. The maximum Gasteiger partial charge on any atom is 0.328 e. The van der Waals surface area contributed by atoms with Crippen LogP contribution in [0.1, 0.15) is 18.4 Å². The first-order valence-electron chi connectivity index (χ1n) is 7.60. The summed E-state index contributed by atoms with van der Waals surface area (Å²) in [6.07, 6.45) is 3.06. The molecule has 2 aromatic rings. The number of benzene rings is 2. The highest BCUT2D eigenvalue weighted by Crippen LogP contribution is 2.16. The van der Waals surface area contributed by atoms with Crippen molar-refractivity contribution in [3.63, 3.8) is 0 Å². The molecule has 1 N–H and O–H groups in total. The van der Waals surface area contributed by atoms with E-state index in [1.54, 1.807) is 6.08 Å². The van der Waals surface area contributed by atoms with Crippen LogP contribution in [0.4, 0.5) is 0 Å². The molecule has 0 aliphatic carbocycles. The van der Waals surface area contributed by atoms with Crippen LogP contribution >= 0.6 is 0 Å². The van der Waals surface area contributed by atoms with Gasteiger partial charge in [0.25, 0.3) is 0 Å². The predicted molar refractivity (Wildman–Crippen MR) is 91.0 cm³/mol. The molecule has 0 spiro atoms. The zero-order valence-electron chi connectivity index (χ0n) is 13.2. The lowest BCUT2D eigenvalue weighted by Crippen LogP contribution is -2.42. The number of carbonyl (C=O) groups is 2. The molecule has 4 heteroatoms. The Balaban J connectivity index is 2.03. The minimum atomic E-state index is -0.633. The monoisotopic (exact) mass is 311 g/mol. The lowest BCUT2D eigenvalue weighted by molar-refractivity contribution is -0.145.